The molecule has 1 unspecified atom stereocenters. The Hall–Kier alpha value is -0.850. The molecular weight excluding hydrogens is 151 g/mol. The van der Waals surface area contributed by atoms with Gasteiger partial charge in [-0.1, -0.05) is 23.8 Å². The average molecular weight is 164 g/mol. The van der Waals surface area contributed by atoms with Crippen molar-refractivity contribution in [3.8, 4) is 0 Å². The third kappa shape index (κ3) is 1.24. The summed E-state index contributed by atoms with van der Waals surface area (Å²) < 4.78 is 13.4. The van der Waals surface area contributed by atoms with Gasteiger partial charge in [-0.25, -0.2) is 4.39 Å². The van der Waals surface area contributed by atoms with Gasteiger partial charge in [0.1, 0.15) is 6.17 Å². The highest BCUT2D eigenvalue weighted by Crippen LogP contribution is 2.32. The van der Waals surface area contributed by atoms with Gasteiger partial charge in [0.15, 0.2) is 0 Å². The van der Waals surface area contributed by atoms with E-state index >= 15 is 0 Å². The second-order valence-corrected chi connectivity index (χ2v) is 3.56. The molecule has 0 aliphatic heterocycles. The Labute approximate surface area is 72.4 Å². The fraction of sp³-hybridized carbons (Fsp3) is 0.455. The second-order valence-electron chi connectivity index (χ2n) is 3.56. The molecule has 1 aliphatic rings. The van der Waals surface area contributed by atoms with E-state index in [4.69, 9.17) is 0 Å². The van der Waals surface area contributed by atoms with Crippen molar-refractivity contribution in [1.29, 1.82) is 0 Å². The van der Waals surface area contributed by atoms with Gasteiger partial charge in [-0.2, -0.15) is 0 Å². The number of hydrogen-bond acceptors (Lipinski definition) is 0. The lowest BCUT2D eigenvalue weighted by molar-refractivity contribution is 0.302. The lowest BCUT2D eigenvalue weighted by atomic mass is 9.89. The minimum Gasteiger partial charge on any atom is -0.242 e. The molecule has 1 atom stereocenters. The van der Waals surface area contributed by atoms with Crippen molar-refractivity contribution in [3.63, 3.8) is 0 Å². The Balaban J connectivity index is 2.47. The van der Waals surface area contributed by atoms with E-state index < -0.39 is 6.17 Å². The standard InChI is InChI=1S/C11H13F/c1-8-5-6-9-3-2-4-11(12)10(9)7-8/h5-7,11H,2-4H2,1H3. The van der Waals surface area contributed by atoms with Crippen LogP contribution >= 0.6 is 0 Å². The molecule has 64 valence electrons. The van der Waals surface area contributed by atoms with Crippen LogP contribution in [0.4, 0.5) is 4.39 Å². The quantitative estimate of drug-likeness (QED) is 0.551. The van der Waals surface area contributed by atoms with Crippen LogP contribution in [-0.2, 0) is 6.42 Å². The van der Waals surface area contributed by atoms with Gasteiger partial charge < -0.3 is 0 Å². The minimum absolute atomic E-state index is 0.705. The summed E-state index contributed by atoms with van der Waals surface area (Å²) in [4.78, 5) is 0. The Bertz CT molecular complexity index is 291. The van der Waals surface area contributed by atoms with Gasteiger partial charge in [0, 0.05) is 0 Å². The summed E-state index contributed by atoms with van der Waals surface area (Å²) in [5, 5.41) is 0. The first-order chi connectivity index (χ1) is 5.77. The normalized spacial score (nSPS) is 22.0. The highest BCUT2D eigenvalue weighted by Gasteiger charge is 2.18. The SMILES string of the molecule is Cc1ccc2c(c1)C(F)CCC2. The number of rotatable bonds is 0. The second kappa shape index (κ2) is 2.89. The summed E-state index contributed by atoms with van der Waals surface area (Å²) in [6.07, 6.45) is 2.04. The van der Waals surface area contributed by atoms with E-state index in [1.165, 1.54) is 11.1 Å². The monoisotopic (exact) mass is 164 g/mol. The molecule has 0 saturated carbocycles. The summed E-state index contributed by atoms with van der Waals surface area (Å²) in [5.41, 5.74) is 3.30. The van der Waals surface area contributed by atoms with Crippen LogP contribution in [0.3, 0.4) is 0 Å². The molecule has 0 N–H and O–H groups in total. The number of alkyl halides is 1. The molecule has 0 heterocycles. The molecule has 1 aromatic rings. The van der Waals surface area contributed by atoms with Crippen molar-refractivity contribution >= 4 is 0 Å². The van der Waals surface area contributed by atoms with E-state index in [0.29, 0.717) is 6.42 Å². The lowest BCUT2D eigenvalue weighted by Gasteiger charge is -2.19. The van der Waals surface area contributed by atoms with Crippen molar-refractivity contribution < 1.29 is 4.39 Å². The number of benzene rings is 1. The fourth-order valence-corrected chi connectivity index (χ4v) is 1.86. The molecule has 0 aromatic heterocycles. The van der Waals surface area contributed by atoms with Crippen molar-refractivity contribution in [2.45, 2.75) is 32.4 Å². The molecule has 0 spiro atoms. The fourth-order valence-electron chi connectivity index (χ4n) is 1.86. The van der Waals surface area contributed by atoms with Gasteiger partial charge in [0.25, 0.3) is 0 Å². The zero-order valence-electron chi connectivity index (χ0n) is 7.31. The molecule has 12 heavy (non-hydrogen) atoms. The predicted octanol–water partition coefficient (Wildman–Crippen LogP) is 3.34. The smallest absolute Gasteiger partial charge is 0.125 e. The maximum Gasteiger partial charge on any atom is 0.125 e. The molecule has 0 amide bonds. The summed E-state index contributed by atoms with van der Waals surface area (Å²) in [7, 11) is 0. The first kappa shape index (κ1) is 7.78. The van der Waals surface area contributed by atoms with Gasteiger partial charge in [-0.15, -0.1) is 0 Å². The summed E-state index contributed by atoms with van der Waals surface area (Å²) in [6, 6.07) is 6.12. The Morgan fingerprint density at radius 1 is 1.42 bits per heavy atom. The van der Waals surface area contributed by atoms with Crippen LogP contribution in [0.5, 0.6) is 0 Å². The van der Waals surface area contributed by atoms with Gasteiger partial charge in [0.2, 0.25) is 0 Å². The zero-order chi connectivity index (χ0) is 8.55. The lowest BCUT2D eigenvalue weighted by Crippen LogP contribution is -2.05. The van der Waals surface area contributed by atoms with Crippen LogP contribution in [0, 0.1) is 6.92 Å². The molecule has 2 rings (SSSR count). The molecule has 1 aliphatic carbocycles. The van der Waals surface area contributed by atoms with Crippen molar-refractivity contribution in [3.05, 3.63) is 34.9 Å². The predicted molar refractivity (Wildman–Crippen MR) is 48.0 cm³/mol. The molecule has 0 saturated heterocycles. The van der Waals surface area contributed by atoms with E-state index in [2.05, 4.69) is 12.1 Å². The summed E-state index contributed by atoms with van der Waals surface area (Å²) in [6.45, 7) is 2.02. The van der Waals surface area contributed by atoms with Crippen molar-refractivity contribution in [2.75, 3.05) is 0 Å². The number of halogens is 1. The van der Waals surface area contributed by atoms with E-state index in [1.807, 2.05) is 13.0 Å². The van der Waals surface area contributed by atoms with Gasteiger partial charge >= 0.3 is 0 Å². The molecule has 0 fully saturated rings. The van der Waals surface area contributed by atoms with Crippen LogP contribution in [-0.4, -0.2) is 0 Å². The first-order valence-electron chi connectivity index (χ1n) is 4.51. The number of fused-ring (bicyclic) bond motifs is 1. The molecule has 0 nitrogen and oxygen atoms in total. The third-order valence-electron chi connectivity index (χ3n) is 2.54. The van der Waals surface area contributed by atoms with E-state index in [1.54, 1.807) is 0 Å². The van der Waals surface area contributed by atoms with Crippen LogP contribution in [0.2, 0.25) is 0 Å². The Morgan fingerprint density at radius 2 is 2.25 bits per heavy atom. The van der Waals surface area contributed by atoms with E-state index in [9.17, 15) is 4.39 Å². The van der Waals surface area contributed by atoms with Gasteiger partial charge in [-0.05, 0) is 37.3 Å². The minimum atomic E-state index is -0.714. The molecule has 1 heteroatoms. The molecular formula is C11H13F. The summed E-state index contributed by atoms with van der Waals surface area (Å²) in [5.74, 6) is 0. The topological polar surface area (TPSA) is 0 Å². The van der Waals surface area contributed by atoms with Crippen molar-refractivity contribution in [2.24, 2.45) is 0 Å². The van der Waals surface area contributed by atoms with E-state index in [0.717, 1.165) is 18.4 Å². The number of aryl methyl sites for hydroxylation is 2. The molecule has 0 bridgehead atoms. The number of hydrogen-bond donors (Lipinski definition) is 0. The molecule has 0 radical (unpaired) electrons. The van der Waals surface area contributed by atoms with Crippen molar-refractivity contribution in [1.82, 2.24) is 0 Å². The van der Waals surface area contributed by atoms with Crippen LogP contribution in [0.15, 0.2) is 18.2 Å². The van der Waals surface area contributed by atoms with E-state index in [-0.39, 0.29) is 0 Å². The Morgan fingerprint density at radius 3 is 3.08 bits per heavy atom. The van der Waals surface area contributed by atoms with Crippen LogP contribution < -0.4 is 0 Å². The highest BCUT2D eigenvalue weighted by atomic mass is 19.1. The van der Waals surface area contributed by atoms with Gasteiger partial charge in [0.05, 0.1) is 0 Å². The maximum absolute atomic E-state index is 13.4. The Kier molecular flexibility index (Phi) is 1.87. The summed E-state index contributed by atoms with van der Waals surface area (Å²) >= 11 is 0. The van der Waals surface area contributed by atoms with Gasteiger partial charge in [-0.3, -0.25) is 0 Å². The molecule has 1 aromatic carbocycles. The highest BCUT2D eigenvalue weighted by molar-refractivity contribution is 5.34. The largest absolute Gasteiger partial charge is 0.242 e. The zero-order valence-corrected chi connectivity index (χ0v) is 7.31. The first-order valence-corrected chi connectivity index (χ1v) is 4.51. The third-order valence-corrected chi connectivity index (χ3v) is 2.54. The van der Waals surface area contributed by atoms with Crippen LogP contribution in [0.25, 0.3) is 0 Å². The maximum atomic E-state index is 13.4. The van der Waals surface area contributed by atoms with Crippen LogP contribution in [0.1, 0.15) is 35.7 Å². The average Bonchev–Trinajstić information content (AvgIpc) is 2.07.